The number of carboxylic acid groups (broad SMARTS) is 1. The Morgan fingerprint density at radius 3 is 1.20 bits per heavy atom. The number of carbonyl (C=O) groups excluding carboxylic acids is 1. The van der Waals surface area contributed by atoms with E-state index in [9.17, 15) is 19.0 Å². The van der Waals surface area contributed by atoms with Gasteiger partial charge in [0.25, 0.3) is 0 Å². The number of esters is 1. The van der Waals surface area contributed by atoms with E-state index in [0.717, 1.165) is 38.5 Å². The topological polar surface area (TPSA) is 155 Å². The Morgan fingerprint density at radius 2 is 0.836 bits per heavy atom. The van der Waals surface area contributed by atoms with Gasteiger partial charge in [-0.1, -0.05) is 213 Å². The lowest BCUT2D eigenvalue weighted by atomic mass is 10.0. The van der Waals surface area contributed by atoms with E-state index in [-0.39, 0.29) is 13.0 Å². The minimum absolute atomic E-state index is 0.0258. The van der Waals surface area contributed by atoms with E-state index in [0.29, 0.717) is 6.61 Å². The van der Waals surface area contributed by atoms with Gasteiger partial charge in [0, 0.05) is 13.0 Å². The van der Waals surface area contributed by atoms with Crippen LogP contribution in [-0.2, 0) is 32.7 Å². The van der Waals surface area contributed by atoms with Gasteiger partial charge < -0.3 is 25.2 Å². The smallest absolute Gasteiger partial charge is 0.472 e. The number of carboxylic acids is 1. The van der Waals surface area contributed by atoms with Gasteiger partial charge in [-0.05, 0) is 12.8 Å². The first-order valence-corrected chi connectivity index (χ1v) is 24.6. The second-order valence-electron chi connectivity index (χ2n) is 15.9. The molecule has 0 aromatic heterocycles. The first kappa shape index (κ1) is 54.0. The Bertz CT molecular complexity index is 893. The number of aliphatic carboxylic acids is 1. The predicted octanol–water partition coefficient (Wildman–Crippen LogP) is 12.8. The molecular formula is C44H88NO9P. The fourth-order valence-corrected chi connectivity index (χ4v) is 7.56. The summed E-state index contributed by atoms with van der Waals surface area (Å²) >= 11 is 0. The standard InChI is InChI=1S/C44H88NO9P/c1-3-5-7-9-11-13-15-17-19-20-21-22-23-24-26-28-30-32-34-36-43(46)54-41(39-52-55(49,50)53-40-42(45)44(47)48)38-51-37-35-33-31-29-27-25-18-16-14-12-10-8-6-4-2/h41-42H,3-40,45H2,1-2H3,(H,47,48)(H,49,50). The number of phosphoric ester groups is 1. The van der Waals surface area contributed by atoms with Crippen molar-refractivity contribution in [1.82, 2.24) is 0 Å². The minimum atomic E-state index is -4.61. The van der Waals surface area contributed by atoms with Crippen LogP contribution in [0.1, 0.15) is 232 Å². The van der Waals surface area contributed by atoms with Crippen molar-refractivity contribution in [3.8, 4) is 0 Å². The quantitative estimate of drug-likeness (QED) is 0.0308. The number of hydrogen-bond acceptors (Lipinski definition) is 8. The van der Waals surface area contributed by atoms with Gasteiger partial charge in [0.1, 0.15) is 12.1 Å². The molecule has 0 bridgehead atoms. The van der Waals surface area contributed by atoms with Gasteiger partial charge in [0.2, 0.25) is 0 Å². The van der Waals surface area contributed by atoms with Crippen LogP contribution in [0.15, 0.2) is 0 Å². The molecule has 0 saturated heterocycles. The zero-order valence-electron chi connectivity index (χ0n) is 35.8. The van der Waals surface area contributed by atoms with E-state index in [2.05, 4.69) is 13.8 Å². The lowest BCUT2D eigenvalue weighted by Gasteiger charge is -2.20. The first-order chi connectivity index (χ1) is 26.7. The van der Waals surface area contributed by atoms with E-state index in [1.54, 1.807) is 0 Å². The molecule has 0 rings (SSSR count). The molecule has 10 nitrogen and oxygen atoms in total. The number of hydrogen-bond donors (Lipinski definition) is 3. The van der Waals surface area contributed by atoms with Gasteiger partial charge in [-0.15, -0.1) is 0 Å². The number of nitrogens with two attached hydrogens (primary N) is 1. The lowest BCUT2D eigenvalue weighted by molar-refractivity contribution is -0.154. The SMILES string of the molecule is CCCCCCCCCCCCCCCCCCCCCC(=O)OC(COCCCCCCCCCCCCCCCC)COP(=O)(O)OCC(N)C(=O)O. The largest absolute Gasteiger partial charge is 0.480 e. The van der Waals surface area contributed by atoms with Crippen molar-refractivity contribution in [3.05, 3.63) is 0 Å². The Hall–Kier alpha value is -1.03. The van der Waals surface area contributed by atoms with E-state index >= 15 is 0 Å². The van der Waals surface area contributed by atoms with Crippen LogP contribution in [0, 0.1) is 0 Å². The van der Waals surface area contributed by atoms with Crippen molar-refractivity contribution in [1.29, 1.82) is 0 Å². The molecule has 0 amide bonds. The molecule has 3 unspecified atom stereocenters. The summed E-state index contributed by atoms with van der Waals surface area (Å²) in [5.74, 6) is -1.76. The van der Waals surface area contributed by atoms with Crippen LogP contribution in [-0.4, -0.2) is 60.5 Å². The predicted molar refractivity (Wildman–Crippen MR) is 226 cm³/mol. The average Bonchev–Trinajstić information content (AvgIpc) is 3.16. The van der Waals surface area contributed by atoms with Crippen LogP contribution in [0.25, 0.3) is 0 Å². The molecule has 0 heterocycles. The fraction of sp³-hybridized carbons (Fsp3) is 0.955. The molecule has 4 N–H and O–H groups in total. The van der Waals surface area contributed by atoms with Gasteiger partial charge in [-0.3, -0.25) is 18.6 Å². The molecule has 0 spiro atoms. The highest BCUT2D eigenvalue weighted by Gasteiger charge is 2.27. The Kier molecular flexibility index (Phi) is 40.4. The molecule has 0 aromatic rings. The monoisotopic (exact) mass is 806 g/mol. The molecule has 0 saturated carbocycles. The molecule has 0 aromatic carbocycles. The summed E-state index contributed by atoms with van der Waals surface area (Å²) < 4.78 is 33.4. The van der Waals surface area contributed by atoms with E-state index < -0.39 is 45.1 Å². The maximum Gasteiger partial charge on any atom is 0.472 e. The normalized spacial score (nSPS) is 13.8. The Balaban J connectivity index is 4.14. The van der Waals surface area contributed by atoms with Gasteiger partial charge in [0.15, 0.2) is 0 Å². The highest BCUT2D eigenvalue weighted by Crippen LogP contribution is 2.43. The molecule has 3 atom stereocenters. The van der Waals surface area contributed by atoms with Crippen LogP contribution in [0.3, 0.4) is 0 Å². The van der Waals surface area contributed by atoms with Crippen LogP contribution in [0.5, 0.6) is 0 Å². The molecule has 55 heavy (non-hydrogen) atoms. The highest BCUT2D eigenvalue weighted by atomic mass is 31.2. The highest BCUT2D eigenvalue weighted by molar-refractivity contribution is 7.47. The molecule has 328 valence electrons. The van der Waals surface area contributed by atoms with Gasteiger partial charge in [-0.25, -0.2) is 4.57 Å². The van der Waals surface area contributed by atoms with E-state index in [1.807, 2.05) is 0 Å². The molecule has 0 aliphatic rings. The van der Waals surface area contributed by atoms with E-state index in [1.165, 1.54) is 173 Å². The zero-order chi connectivity index (χ0) is 40.5. The minimum Gasteiger partial charge on any atom is -0.480 e. The number of carbonyl (C=O) groups is 2. The maximum absolute atomic E-state index is 12.6. The van der Waals surface area contributed by atoms with Gasteiger partial charge in [-0.2, -0.15) is 0 Å². The summed E-state index contributed by atoms with van der Waals surface area (Å²) in [6.07, 6.45) is 41.5. The van der Waals surface area contributed by atoms with Crippen molar-refractivity contribution in [3.63, 3.8) is 0 Å². The summed E-state index contributed by atoms with van der Waals surface area (Å²) in [6.45, 7) is 3.94. The number of rotatable bonds is 45. The zero-order valence-corrected chi connectivity index (χ0v) is 36.7. The third-order valence-electron chi connectivity index (χ3n) is 10.4. The molecule has 0 aliphatic heterocycles. The third kappa shape index (κ3) is 40.9. The molecular weight excluding hydrogens is 717 g/mol. The van der Waals surface area contributed by atoms with Crippen LogP contribution >= 0.6 is 7.82 Å². The van der Waals surface area contributed by atoms with Crippen LogP contribution in [0.2, 0.25) is 0 Å². The molecule has 0 fully saturated rings. The second kappa shape index (κ2) is 41.1. The Labute approximate surface area is 338 Å². The fourth-order valence-electron chi connectivity index (χ4n) is 6.78. The summed E-state index contributed by atoms with van der Waals surface area (Å²) in [5.41, 5.74) is 5.36. The Morgan fingerprint density at radius 1 is 0.509 bits per heavy atom. The van der Waals surface area contributed by atoms with Gasteiger partial charge in [0.05, 0.1) is 19.8 Å². The maximum atomic E-state index is 12.6. The van der Waals surface area contributed by atoms with Crippen molar-refractivity contribution in [2.75, 3.05) is 26.4 Å². The summed E-state index contributed by atoms with van der Waals surface area (Å²) in [5, 5.41) is 8.90. The van der Waals surface area contributed by atoms with Crippen molar-refractivity contribution < 1.29 is 42.7 Å². The summed E-state index contributed by atoms with van der Waals surface area (Å²) in [6, 6.07) is -1.47. The average molecular weight is 806 g/mol. The van der Waals surface area contributed by atoms with Crippen molar-refractivity contribution >= 4 is 19.8 Å². The molecule has 0 radical (unpaired) electrons. The lowest BCUT2D eigenvalue weighted by Crippen LogP contribution is -2.34. The number of unbranched alkanes of at least 4 members (excludes halogenated alkanes) is 31. The third-order valence-corrected chi connectivity index (χ3v) is 11.3. The number of phosphoric acid groups is 1. The molecule has 0 aliphatic carbocycles. The van der Waals surface area contributed by atoms with Crippen LogP contribution in [0.4, 0.5) is 0 Å². The number of ether oxygens (including phenoxy) is 2. The second-order valence-corrected chi connectivity index (χ2v) is 17.4. The van der Waals surface area contributed by atoms with Crippen molar-refractivity contribution in [2.45, 2.75) is 244 Å². The van der Waals surface area contributed by atoms with Gasteiger partial charge >= 0.3 is 19.8 Å². The first-order valence-electron chi connectivity index (χ1n) is 23.1. The van der Waals surface area contributed by atoms with E-state index in [4.69, 9.17) is 29.4 Å². The van der Waals surface area contributed by atoms with Crippen LogP contribution < -0.4 is 5.73 Å². The van der Waals surface area contributed by atoms with Crippen molar-refractivity contribution in [2.24, 2.45) is 5.73 Å². The summed E-state index contributed by atoms with van der Waals surface area (Å²) in [7, 11) is -4.61. The summed E-state index contributed by atoms with van der Waals surface area (Å²) in [4.78, 5) is 33.6. The molecule has 11 heteroatoms.